The molecule has 4 unspecified atom stereocenters. The molecule has 3 heterocycles. The van der Waals surface area contributed by atoms with Crippen molar-refractivity contribution < 1.29 is 9.59 Å². The van der Waals surface area contributed by atoms with Crippen LogP contribution in [-0.4, -0.2) is 11.8 Å². The predicted molar refractivity (Wildman–Crippen MR) is 151 cm³/mol. The van der Waals surface area contributed by atoms with Gasteiger partial charge in [-0.15, -0.1) is 22.7 Å². The molecule has 1 aliphatic heterocycles. The molecule has 37 heavy (non-hydrogen) atoms. The molecule has 4 aliphatic rings. The highest BCUT2D eigenvalue weighted by Gasteiger charge is 2.63. The second-order valence-corrected chi connectivity index (χ2v) is 12.4. The molecule has 4 aromatic carbocycles. The van der Waals surface area contributed by atoms with Gasteiger partial charge in [0.2, 0.25) is 11.8 Å². The highest BCUT2D eigenvalue weighted by molar-refractivity contribution is 7.33. The summed E-state index contributed by atoms with van der Waals surface area (Å²) in [5.41, 5.74) is 4.42. The number of carbonyl (C=O) groups is 2. The van der Waals surface area contributed by atoms with Crippen LogP contribution in [0.25, 0.3) is 30.3 Å². The molecule has 2 bridgehead atoms. The first-order valence-corrected chi connectivity index (χ1v) is 14.2. The molecule has 2 amide bonds. The fourth-order valence-corrected chi connectivity index (χ4v) is 10.2. The van der Waals surface area contributed by atoms with E-state index >= 15 is 0 Å². The van der Waals surface area contributed by atoms with E-state index in [1.165, 1.54) is 56.7 Å². The van der Waals surface area contributed by atoms with Crippen LogP contribution in [0.15, 0.2) is 91.0 Å². The lowest BCUT2D eigenvalue weighted by molar-refractivity contribution is -0.122. The number of nitrogens with zero attached hydrogens (tertiary/aromatic N) is 1. The zero-order valence-corrected chi connectivity index (χ0v) is 21.2. The summed E-state index contributed by atoms with van der Waals surface area (Å²) in [6.07, 6.45) is 0. The van der Waals surface area contributed by atoms with Gasteiger partial charge >= 0.3 is 0 Å². The predicted octanol–water partition coefficient (Wildman–Crippen LogP) is 7.67. The Kier molecular flexibility index (Phi) is 3.80. The first kappa shape index (κ1) is 20.3. The average molecular weight is 514 g/mol. The smallest absolute Gasteiger partial charge is 0.238 e. The third-order valence-electron chi connectivity index (χ3n) is 8.62. The van der Waals surface area contributed by atoms with Gasteiger partial charge in [-0.05, 0) is 51.7 Å². The molecular formula is C32H19NO2S2. The number of benzene rings is 4. The molecule has 176 valence electrons. The van der Waals surface area contributed by atoms with Crippen LogP contribution in [-0.2, 0) is 9.59 Å². The van der Waals surface area contributed by atoms with Crippen molar-refractivity contribution in [2.45, 2.75) is 11.8 Å². The molecule has 3 nitrogen and oxygen atoms in total. The molecule has 0 spiro atoms. The molecule has 0 radical (unpaired) electrons. The van der Waals surface area contributed by atoms with E-state index in [1.807, 2.05) is 53.0 Å². The van der Waals surface area contributed by atoms with E-state index in [-0.39, 0.29) is 35.5 Å². The van der Waals surface area contributed by atoms with Gasteiger partial charge in [0.25, 0.3) is 0 Å². The van der Waals surface area contributed by atoms with Gasteiger partial charge in [0.1, 0.15) is 0 Å². The third kappa shape index (κ3) is 2.42. The Balaban J connectivity index is 1.32. The number of anilines is 1. The average Bonchev–Trinajstić information content (AvgIpc) is 3.56. The lowest BCUT2D eigenvalue weighted by atomic mass is 9.57. The third-order valence-corrected chi connectivity index (χ3v) is 11.3. The number of rotatable bonds is 1. The van der Waals surface area contributed by atoms with Crippen LogP contribution in [0.3, 0.4) is 0 Å². The summed E-state index contributed by atoms with van der Waals surface area (Å²) in [6.45, 7) is 0. The van der Waals surface area contributed by atoms with Crippen LogP contribution in [0.4, 0.5) is 5.69 Å². The Labute approximate surface area is 220 Å². The fourth-order valence-electron chi connectivity index (χ4n) is 7.19. The van der Waals surface area contributed by atoms with Crippen LogP contribution in [0, 0.1) is 11.8 Å². The quantitative estimate of drug-likeness (QED) is 0.212. The van der Waals surface area contributed by atoms with Gasteiger partial charge in [0, 0.05) is 26.8 Å². The summed E-state index contributed by atoms with van der Waals surface area (Å²) in [5, 5.41) is 3.78. The van der Waals surface area contributed by atoms with E-state index in [9.17, 15) is 9.59 Å². The van der Waals surface area contributed by atoms with Gasteiger partial charge in [-0.25, -0.2) is 4.90 Å². The molecule has 0 saturated carbocycles. The highest BCUT2D eigenvalue weighted by Crippen LogP contribution is 2.65. The van der Waals surface area contributed by atoms with Crippen molar-refractivity contribution in [3.8, 4) is 0 Å². The van der Waals surface area contributed by atoms with E-state index in [1.54, 1.807) is 0 Å². The Morgan fingerprint density at radius 3 is 2.00 bits per heavy atom. The van der Waals surface area contributed by atoms with Gasteiger partial charge in [0.05, 0.1) is 26.9 Å². The number of thiophene rings is 2. The standard InChI is InChI=1S/C32H19NO2S2/c34-31-25-23-19-12-6-7-13-20(19)24(26(25)32(35)33(31)18-10-2-1-3-11-18)29-27(23)30-28(37-29)21-14-16-8-4-5-9-17(16)15-22(21)36-30/h1-15,23-26H. The van der Waals surface area contributed by atoms with Crippen molar-refractivity contribution in [2.24, 2.45) is 11.8 Å². The zero-order valence-electron chi connectivity index (χ0n) is 19.5. The normalized spacial score (nSPS) is 23.7. The van der Waals surface area contributed by atoms with Gasteiger partial charge in [-0.3, -0.25) is 9.59 Å². The first-order chi connectivity index (χ1) is 18.2. The molecule has 3 aliphatic carbocycles. The van der Waals surface area contributed by atoms with E-state index < -0.39 is 0 Å². The van der Waals surface area contributed by atoms with Crippen molar-refractivity contribution in [2.75, 3.05) is 4.90 Å². The van der Waals surface area contributed by atoms with E-state index in [0.717, 1.165) is 0 Å². The topological polar surface area (TPSA) is 37.4 Å². The molecule has 6 aromatic rings. The number of imide groups is 1. The molecule has 2 aromatic heterocycles. The lowest BCUT2D eigenvalue weighted by Crippen LogP contribution is -2.40. The van der Waals surface area contributed by atoms with Gasteiger partial charge < -0.3 is 0 Å². The van der Waals surface area contributed by atoms with E-state index in [0.29, 0.717) is 5.69 Å². The lowest BCUT2D eigenvalue weighted by Gasteiger charge is -2.44. The zero-order chi connectivity index (χ0) is 24.4. The van der Waals surface area contributed by atoms with Crippen LogP contribution in [0.1, 0.15) is 33.4 Å². The Morgan fingerprint density at radius 2 is 1.24 bits per heavy atom. The maximum absolute atomic E-state index is 14.1. The van der Waals surface area contributed by atoms with Crippen molar-refractivity contribution in [1.82, 2.24) is 0 Å². The van der Waals surface area contributed by atoms with E-state index in [2.05, 4.69) is 60.7 Å². The summed E-state index contributed by atoms with van der Waals surface area (Å²) >= 11 is 3.69. The number of para-hydroxylation sites is 1. The minimum absolute atomic E-state index is 0.0519. The van der Waals surface area contributed by atoms with Gasteiger partial charge in [-0.2, -0.15) is 0 Å². The fraction of sp³-hybridized carbons (Fsp3) is 0.125. The molecule has 1 fully saturated rings. The van der Waals surface area contributed by atoms with E-state index in [4.69, 9.17) is 0 Å². The maximum atomic E-state index is 14.1. The number of amides is 2. The first-order valence-electron chi connectivity index (χ1n) is 12.6. The second-order valence-electron chi connectivity index (χ2n) is 10.3. The van der Waals surface area contributed by atoms with Gasteiger partial charge in [0.15, 0.2) is 0 Å². The molecule has 4 atom stereocenters. The highest BCUT2D eigenvalue weighted by atomic mass is 32.1. The second kappa shape index (κ2) is 6.94. The van der Waals surface area contributed by atoms with Crippen LogP contribution < -0.4 is 4.90 Å². The summed E-state index contributed by atoms with van der Waals surface area (Å²) < 4.78 is 3.89. The summed E-state index contributed by atoms with van der Waals surface area (Å²) in [7, 11) is 0. The monoisotopic (exact) mass is 513 g/mol. The SMILES string of the molecule is O=C1C2C3c4ccccc4C(c4c3sc3c4sc4cc5ccccc5cc43)C2C(=O)N1c1ccccc1. The Bertz CT molecular complexity index is 1970. The summed E-state index contributed by atoms with van der Waals surface area (Å²) in [4.78, 5) is 30.8. The maximum Gasteiger partial charge on any atom is 0.238 e. The van der Waals surface area contributed by atoms with Crippen LogP contribution in [0.5, 0.6) is 0 Å². The van der Waals surface area contributed by atoms with Crippen molar-refractivity contribution >= 4 is 70.4 Å². The van der Waals surface area contributed by atoms with Gasteiger partial charge in [-0.1, -0.05) is 66.7 Å². The minimum atomic E-state index is -0.359. The van der Waals surface area contributed by atoms with Crippen molar-refractivity contribution in [3.63, 3.8) is 0 Å². The Hall–Kier alpha value is -3.80. The minimum Gasteiger partial charge on any atom is -0.274 e. The molecular weight excluding hydrogens is 494 g/mol. The summed E-state index contributed by atoms with van der Waals surface area (Å²) in [6, 6.07) is 31.1. The van der Waals surface area contributed by atoms with Crippen molar-refractivity contribution in [1.29, 1.82) is 0 Å². The molecule has 10 rings (SSSR count). The molecule has 5 heteroatoms. The number of carbonyl (C=O) groups excluding carboxylic acids is 2. The largest absolute Gasteiger partial charge is 0.274 e. The molecule has 1 saturated heterocycles. The number of fused-ring (bicyclic) bond motifs is 4. The van der Waals surface area contributed by atoms with Crippen LogP contribution in [0.2, 0.25) is 0 Å². The summed E-state index contributed by atoms with van der Waals surface area (Å²) in [5.74, 6) is -0.984. The Morgan fingerprint density at radius 1 is 0.622 bits per heavy atom. The number of hydrogen-bond donors (Lipinski definition) is 0. The van der Waals surface area contributed by atoms with Crippen molar-refractivity contribution in [3.05, 3.63) is 113 Å². The number of hydrogen-bond acceptors (Lipinski definition) is 4. The van der Waals surface area contributed by atoms with Crippen LogP contribution >= 0.6 is 22.7 Å². The molecule has 0 N–H and O–H groups in total.